The van der Waals surface area contributed by atoms with Gasteiger partial charge in [-0.3, -0.25) is 4.79 Å². The molecule has 1 heterocycles. The van der Waals surface area contributed by atoms with Crippen molar-refractivity contribution in [1.29, 1.82) is 5.26 Å². The highest BCUT2D eigenvalue weighted by atomic mass is 19.1. The Balaban J connectivity index is 2.15. The lowest BCUT2D eigenvalue weighted by Crippen LogP contribution is -2.15. The summed E-state index contributed by atoms with van der Waals surface area (Å²) in [6.07, 6.45) is 1.56. The third-order valence-corrected chi connectivity index (χ3v) is 2.66. The zero-order chi connectivity index (χ0) is 14.5. The second kappa shape index (κ2) is 5.80. The van der Waals surface area contributed by atoms with Crippen molar-refractivity contribution >= 4 is 17.4 Å². The number of hydrogen-bond donors (Lipinski definition) is 2. The molecule has 1 aromatic heterocycles. The van der Waals surface area contributed by atoms with Gasteiger partial charge in [-0.2, -0.15) is 5.26 Å². The first-order chi connectivity index (χ1) is 9.61. The molecule has 0 spiro atoms. The molecule has 0 saturated carbocycles. The summed E-state index contributed by atoms with van der Waals surface area (Å²) >= 11 is 0. The number of carbonyl (C=O) groups is 1. The number of hydrogen-bond acceptors (Lipinski definition) is 4. The molecule has 100 valence electrons. The Bertz CT molecular complexity index is 677. The number of pyridine rings is 1. The molecule has 0 aliphatic rings. The molecule has 6 heteroatoms. The summed E-state index contributed by atoms with van der Waals surface area (Å²) in [6.45, 7) is 0. The Labute approximate surface area is 114 Å². The van der Waals surface area contributed by atoms with E-state index in [2.05, 4.69) is 10.3 Å². The lowest BCUT2D eigenvalue weighted by molar-refractivity contribution is 0.102. The average molecular weight is 270 g/mol. The predicted molar refractivity (Wildman–Crippen MR) is 72.3 cm³/mol. The molecular weight excluding hydrogens is 259 g/mol. The highest BCUT2D eigenvalue weighted by Crippen LogP contribution is 2.15. The van der Waals surface area contributed by atoms with Gasteiger partial charge in [-0.1, -0.05) is 12.1 Å². The van der Waals surface area contributed by atoms with Crippen molar-refractivity contribution in [3.63, 3.8) is 0 Å². The van der Waals surface area contributed by atoms with E-state index in [1.807, 2.05) is 6.07 Å². The first kappa shape index (κ1) is 13.5. The normalized spacial score (nSPS) is 9.80. The minimum absolute atomic E-state index is 0.168. The van der Waals surface area contributed by atoms with Crippen LogP contribution in [0.4, 0.5) is 15.9 Å². The maximum absolute atomic E-state index is 13.6. The monoisotopic (exact) mass is 270 g/mol. The van der Waals surface area contributed by atoms with Crippen LogP contribution in [0.25, 0.3) is 0 Å². The van der Waals surface area contributed by atoms with E-state index < -0.39 is 11.7 Å². The first-order valence-electron chi connectivity index (χ1n) is 5.79. The highest BCUT2D eigenvalue weighted by Gasteiger charge is 2.14. The van der Waals surface area contributed by atoms with E-state index in [1.165, 1.54) is 12.3 Å². The standard InChI is InChI=1S/C14H11FN4O/c15-12-11(6-8-18-13(12)17)14(20)19-10-3-1-9(2-4-10)5-7-16/h1-4,6,8H,5H2,(H2,17,18)(H,19,20). The number of nitrogens with zero attached hydrogens (tertiary/aromatic N) is 2. The summed E-state index contributed by atoms with van der Waals surface area (Å²) in [5, 5.41) is 11.1. The van der Waals surface area contributed by atoms with E-state index in [9.17, 15) is 9.18 Å². The van der Waals surface area contributed by atoms with Crippen LogP contribution in [0.2, 0.25) is 0 Å². The molecule has 0 bridgehead atoms. The number of anilines is 2. The second-order valence-electron chi connectivity index (χ2n) is 4.04. The van der Waals surface area contributed by atoms with Gasteiger partial charge in [0.1, 0.15) is 0 Å². The topological polar surface area (TPSA) is 91.8 Å². The minimum Gasteiger partial charge on any atom is -0.381 e. The van der Waals surface area contributed by atoms with Crippen molar-refractivity contribution in [1.82, 2.24) is 4.98 Å². The molecule has 3 N–H and O–H groups in total. The van der Waals surface area contributed by atoms with Gasteiger partial charge >= 0.3 is 0 Å². The van der Waals surface area contributed by atoms with Crippen molar-refractivity contribution in [3.05, 3.63) is 53.5 Å². The summed E-state index contributed by atoms with van der Waals surface area (Å²) in [5.74, 6) is -1.77. The quantitative estimate of drug-likeness (QED) is 0.893. The summed E-state index contributed by atoms with van der Waals surface area (Å²) in [4.78, 5) is 15.5. The number of nitrogen functional groups attached to an aromatic ring is 1. The van der Waals surface area contributed by atoms with Crippen LogP contribution in [0.15, 0.2) is 36.5 Å². The Hall–Kier alpha value is -2.94. The van der Waals surface area contributed by atoms with Crippen LogP contribution in [0.5, 0.6) is 0 Å². The summed E-state index contributed by atoms with van der Waals surface area (Å²) < 4.78 is 13.6. The molecule has 1 aromatic carbocycles. The smallest absolute Gasteiger partial charge is 0.258 e. The van der Waals surface area contributed by atoms with E-state index in [1.54, 1.807) is 24.3 Å². The van der Waals surface area contributed by atoms with Crippen LogP contribution < -0.4 is 11.1 Å². The van der Waals surface area contributed by atoms with Crippen LogP contribution in [0, 0.1) is 17.1 Å². The van der Waals surface area contributed by atoms with E-state index in [4.69, 9.17) is 11.0 Å². The van der Waals surface area contributed by atoms with Gasteiger partial charge in [0.05, 0.1) is 18.1 Å². The van der Waals surface area contributed by atoms with Gasteiger partial charge in [0, 0.05) is 11.9 Å². The van der Waals surface area contributed by atoms with Gasteiger partial charge < -0.3 is 11.1 Å². The van der Waals surface area contributed by atoms with Crippen LogP contribution in [0.1, 0.15) is 15.9 Å². The zero-order valence-electron chi connectivity index (χ0n) is 10.4. The average Bonchev–Trinajstić information content (AvgIpc) is 2.44. The fourth-order valence-electron chi connectivity index (χ4n) is 1.63. The molecule has 2 rings (SSSR count). The maximum Gasteiger partial charge on any atom is 0.258 e. The van der Waals surface area contributed by atoms with E-state index in [-0.39, 0.29) is 11.4 Å². The van der Waals surface area contributed by atoms with E-state index in [0.29, 0.717) is 12.1 Å². The third-order valence-electron chi connectivity index (χ3n) is 2.66. The van der Waals surface area contributed by atoms with E-state index in [0.717, 1.165) is 5.56 Å². The Morgan fingerprint density at radius 1 is 1.35 bits per heavy atom. The van der Waals surface area contributed by atoms with Crippen molar-refractivity contribution in [2.75, 3.05) is 11.1 Å². The summed E-state index contributed by atoms with van der Waals surface area (Å²) in [6, 6.07) is 10.0. The number of rotatable bonds is 3. The number of benzene rings is 1. The molecule has 2 aromatic rings. The molecule has 5 nitrogen and oxygen atoms in total. The Morgan fingerprint density at radius 3 is 2.70 bits per heavy atom. The SMILES string of the molecule is N#CCc1ccc(NC(=O)c2ccnc(N)c2F)cc1. The maximum atomic E-state index is 13.6. The number of amides is 1. The summed E-state index contributed by atoms with van der Waals surface area (Å²) in [7, 11) is 0. The fourth-order valence-corrected chi connectivity index (χ4v) is 1.63. The minimum atomic E-state index is -0.842. The third kappa shape index (κ3) is 2.90. The number of nitriles is 1. The number of aromatic nitrogens is 1. The molecule has 0 radical (unpaired) electrons. The first-order valence-corrected chi connectivity index (χ1v) is 5.79. The lowest BCUT2D eigenvalue weighted by atomic mass is 10.1. The Kier molecular flexibility index (Phi) is 3.91. The predicted octanol–water partition coefficient (Wildman–Crippen LogP) is 2.12. The molecule has 1 amide bonds. The molecular formula is C14H11FN4O. The van der Waals surface area contributed by atoms with Crippen LogP contribution >= 0.6 is 0 Å². The molecule has 0 saturated heterocycles. The molecule has 0 atom stereocenters. The largest absolute Gasteiger partial charge is 0.381 e. The molecule has 20 heavy (non-hydrogen) atoms. The number of carbonyl (C=O) groups excluding carboxylic acids is 1. The van der Waals surface area contributed by atoms with Crippen molar-refractivity contribution < 1.29 is 9.18 Å². The van der Waals surface area contributed by atoms with Crippen LogP contribution in [-0.4, -0.2) is 10.9 Å². The van der Waals surface area contributed by atoms with Crippen LogP contribution in [-0.2, 0) is 6.42 Å². The van der Waals surface area contributed by atoms with Gasteiger partial charge in [0.2, 0.25) is 0 Å². The number of nitrogens with two attached hydrogens (primary N) is 1. The lowest BCUT2D eigenvalue weighted by Gasteiger charge is -2.07. The van der Waals surface area contributed by atoms with Crippen molar-refractivity contribution in [2.24, 2.45) is 0 Å². The van der Waals surface area contributed by atoms with Gasteiger partial charge in [0.15, 0.2) is 11.6 Å². The van der Waals surface area contributed by atoms with Gasteiger partial charge in [-0.15, -0.1) is 0 Å². The zero-order valence-corrected chi connectivity index (χ0v) is 10.4. The molecule has 0 fully saturated rings. The fraction of sp³-hybridized carbons (Fsp3) is 0.0714. The molecule has 0 aliphatic carbocycles. The number of halogens is 1. The second-order valence-corrected chi connectivity index (χ2v) is 4.04. The summed E-state index contributed by atoms with van der Waals surface area (Å²) in [5.41, 5.74) is 6.48. The van der Waals surface area contributed by atoms with Gasteiger partial charge in [0.25, 0.3) is 5.91 Å². The van der Waals surface area contributed by atoms with E-state index >= 15 is 0 Å². The van der Waals surface area contributed by atoms with Crippen molar-refractivity contribution in [2.45, 2.75) is 6.42 Å². The molecule has 0 unspecified atom stereocenters. The van der Waals surface area contributed by atoms with Gasteiger partial charge in [-0.05, 0) is 23.8 Å². The van der Waals surface area contributed by atoms with Crippen molar-refractivity contribution in [3.8, 4) is 6.07 Å². The Morgan fingerprint density at radius 2 is 2.05 bits per heavy atom. The number of nitrogens with one attached hydrogen (secondary N) is 1. The van der Waals surface area contributed by atoms with Gasteiger partial charge in [-0.25, -0.2) is 9.37 Å². The van der Waals surface area contributed by atoms with Crippen LogP contribution in [0.3, 0.4) is 0 Å². The molecule has 0 aliphatic heterocycles. The highest BCUT2D eigenvalue weighted by molar-refractivity contribution is 6.04.